The van der Waals surface area contributed by atoms with Gasteiger partial charge >= 0.3 is 5.97 Å². The van der Waals surface area contributed by atoms with Gasteiger partial charge in [-0.3, -0.25) is 9.59 Å². The molecule has 1 aromatic heterocycles. The number of esters is 1. The highest BCUT2D eigenvalue weighted by Crippen LogP contribution is 2.29. The van der Waals surface area contributed by atoms with Gasteiger partial charge in [-0.2, -0.15) is 5.26 Å². The summed E-state index contributed by atoms with van der Waals surface area (Å²) < 4.78 is 11.6. The number of nitriles is 1. The monoisotopic (exact) mass is 678 g/mol. The number of benzene rings is 1. The molecule has 1 amide bonds. The van der Waals surface area contributed by atoms with Crippen molar-refractivity contribution in [1.29, 1.82) is 5.26 Å². The third-order valence-electron chi connectivity index (χ3n) is 9.86. The number of rotatable bonds is 10. The van der Waals surface area contributed by atoms with Gasteiger partial charge in [0.15, 0.2) is 11.5 Å². The number of ether oxygens (including phenoxy) is 2. The Hall–Kier alpha value is -3.42. The van der Waals surface area contributed by atoms with Crippen LogP contribution >= 0.6 is 11.6 Å². The minimum absolute atomic E-state index is 0.0460. The third kappa shape index (κ3) is 10.8. The first-order valence-electron chi connectivity index (χ1n) is 17.7. The normalized spacial score (nSPS) is 22.7. The molecule has 1 saturated carbocycles. The largest absolute Gasteiger partial charge is 0.490 e. The first kappa shape index (κ1) is 35.9. The van der Waals surface area contributed by atoms with E-state index in [2.05, 4.69) is 31.4 Å². The summed E-state index contributed by atoms with van der Waals surface area (Å²) in [6, 6.07) is 10.9. The second kappa shape index (κ2) is 16.8. The van der Waals surface area contributed by atoms with Gasteiger partial charge < -0.3 is 24.6 Å². The standard InChI is InChI=1S/C37H51ClN6O4/c1-37(2,3)48-35(45)23-27-5-4-18-43(20-15-27)19-14-26-16-21-44(22-17-26)34-13-12-33(41-42-34)36(46)40-29-7-10-30(11-8-29)47-31-9-6-28(25-39)32(38)24-31/h6,9,12-13,24,26-27,29-30H,4-5,7-8,10-11,14-23H2,1-3H3,(H,40,46). The van der Waals surface area contributed by atoms with Crippen LogP contribution in [0.15, 0.2) is 30.3 Å². The Morgan fingerprint density at radius 3 is 2.38 bits per heavy atom. The molecule has 0 bridgehead atoms. The zero-order valence-corrected chi connectivity index (χ0v) is 29.5. The molecule has 11 heteroatoms. The summed E-state index contributed by atoms with van der Waals surface area (Å²) in [5, 5.41) is 21.3. The van der Waals surface area contributed by atoms with E-state index < -0.39 is 5.60 Å². The SMILES string of the molecule is CC(C)(C)OC(=O)CC1CCCN(CCC2CCN(c3ccc(C(=O)NC4CCC(Oc5ccc(C#N)c(Cl)c5)CC4)nn3)CC2)CC1. The Bertz CT molecular complexity index is 1410. The molecule has 0 radical (unpaired) electrons. The molecular weight excluding hydrogens is 628 g/mol. The maximum atomic E-state index is 12.9. The van der Waals surface area contributed by atoms with Gasteiger partial charge in [0.2, 0.25) is 0 Å². The van der Waals surface area contributed by atoms with Crippen molar-refractivity contribution < 1.29 is 19.1 Å². The van der Waals surface area contributed by atoms with Crippen LogP contribution < -0.4 is 15.0 Å². The average Bonchev–Trinajstić information content (AvgIpc) is 3.29. The first-order valence-corrected chi connectivity index (χ1v) is 18.1. The van der Waals surface area contributed by atoms with Gasteiger partial charge in [0.25, 0.3) is 5.91 Å². The molecule has 48 heavy (non-hydrogen) atoms. The molecule has 2 aromatic rings. The van der Waals surface area contributed by atoms with Crippen molar-refractivity contribution in [3.8, 4) is 11.8 Å². The summed E-state index contributed by atoms with van der Waals surface area (Å²) in [7, 11) is 0. The van der Waals surface area contributed by atoms with Crippen molar-refractivity contribution in [1.82, 2.24) is 20.4 Å². The van der Waals surface area contributed by atoms with Crippen molar-refractivity contribution in [2.45, 2.75) is 109 Å². The molecule has 2 saturated heterocycles. The highest BCUT2D eigenvalue weighted by atomic mass is 35.5. The van der Waals surface area contributed by atoms with E-state index in [0.29, 0.717) is 40.3 Å². The van der Waals surface area contributed by atoms with E-state index in [4.69, 9.17) is 26.3 Å². The van der Waals surface area contributed by atoms with Gasteiger partial charge in [0.1, 0.15) is 17.4 Å². The van der Waals surface area contributed by atoms with Crippen molar-refractivity contribution in [2.24, 2.45) is 11.8 Å². The Morgan fingerprint density at radius 1 is 0.958 bits per heavy atom. The van der Waals surface area contributed by atoms with Crippen LogP contribution in [0.1, 0.15) is 107 Å². The van der Waals surface area contributed by atoms with Crippen LogP contribution in [-0.2, 0) is 9.53 Å². The summed E-state index contributed by atoms with van der Waals surface area (Å²) >= 11 is 6.14. The molecule has 3 aliphatic rings. The summed E-state index contributed by atoms with van der Waals surface area (Å²) in [5.74, 6) is 2.35. The number of anilines is 1. The van der Waals surface area contributed by atoms with Gasteiger partial charge in [-0.05, 0) is 141 Å². The molecule has 3 heterocycles. The smallest absolute Gasteiger partial charge is 0.306 e. The predicted molar refractivity (Wildman–Crippen MR) is 186 cm³/mol. The average molecular weight is 679 g/mol. The van der Waals surface area contributed by atoms with Crippen LogP contribution in [0.3, 0.4) is 0 Å². The number of carbonyl (C=O) groups is 2. The van der Waals surface area contributed by atoms with E-state index in [0.717, 1.165) is 96.3 Å². The van der Waals surface area contributed by atoms with E-state index in [9.17, 15) is 9.59 Å². The van der Waals surface area contributed by atoms with Gasteiger partial charge in [-0.25, -0.2) is 0 Å². The number of aromatic nitrogens is 2. The molecular formula is C37H51ClN6O4. The fraction of sp³-hybridized carbons (Fsp3) is 0.649. The fourth-order valence-electron chi connectivity index (χ4n) is 7.14. The highest BCUT2D eigenvalue weighted by molar-refractivity contribution is 6.31. The fourth-order valence-corrected chi connectivity index (χ4v) is 7.35. The lowest BCUT2D eigenvalue weighted by molar-refractivity contribution is -0.156. The van der Waals surface area contributed by atoms with Crippen molar-refractivity contribution in [3.63, 3.8) is 0 Å². The van der Waals surface area contributed by atoms with E-state index in [1.165, 1.54) is 6.42 Å². The van der Waals surface area contributed by atoms with Crippen molar-refractivity contribution >= 4 is 29.3 Å². The Kier molecular flexibility index (Phi) is 12.6. The minimum atomic E-state index is -0.416. The Morgan fingerprint density at radius 2 is 1.71 bits per heavy atom. The number of halogens is 1. The van der Waals surface area contributed by atoms with Gasteiger partial charge in [0.05, 0.1) is 16.7 Å². The summed E-state index contributed by atoms with van der Waals surface area (Å²) in [6.45, 7) is 11.0. The lowest BCUT2D eigenvalue weighted by Crippen LogP contribution is -2.40. The molecule has 1 aromatic carbocycles. The zero-order valence-electron chi connectivity index (χ0n) is 28.8. The predicted octanol–water partition coefficient (Wildman–Crippen LogP) is 6.56. The van der Waals surface area contributed by atoms with Gasteiger partial charge in [0, 0.05) is 31.6 Å². The second-order valence-corrected chi connectivity index (χ2v) is 15.2. The maximum Gasteiger partial charge on any atom is 0.306 e. The molecule has 2 aliphatic heterocycles. The Labute approximate surface area is 290 Å². The quantitative estimate of drug-likeness (QED) is 0.279. The summed E-state index contributed by atoms with van der Waals surface area (Å²) in [4.78, 5) is 30.1. The molecule has 5 rings (SSSR count). The van der Waals surface area contributed by atoms with E-state index >= 15 is 0 Å². The van der Waals surface area contributed by atoms with Crippen LogP contribution in [0.25, 0.3) is 0 Å². The van der Waals surface area contributed by atoms with E-state index in [1.807, 2.05) is 26.8 Å². The lowest BCUT2D eigenvalue weighted by Gasteiger charge is -2.33. The number of hydrogen-bond acceptors (Lipinski definition) is 9. The van der Waals surface area contributed by atoms with Crippen LogP contribution in [0.4, 0.5) is 5.82 Å². The van der Waals surface area contributed by atoms with Crippen LogP contribution in [-0.4, -0.2) is 77.4 Å². The molecule has 260 valence electrons. The van der Waals surface area contributed by atoms with Gasteiger partial charge in [-0.15, -0.1) is 10.2 Å². The Balaban J connectivity index is 0.977. The van der Waals surface area contributed by atoms with Crippen molar-refractivity contribution in [3.05, 3.63) is 46.6 Å². The van der Waals surface area contributed by atoms with Crippen LogP contribution in [0.2, 0.25) is 5.02 Å². The molecule has 1 N–H and O–H groups in total. The lowest BCUT2D eigenvalue weighted by atomic mass is 9.92. The van der Waals surface area contributed by atoms with Crippen molar-refractivity contribution in [2.75, 3.05) is 37.6 Å². The first-order chi connectivity index (χ1) is 23.0. The second-order valence-electron chi connectivity index (χ2n) is 14.7. The van der Waals surface area contributed by atoms with E-state index in [1.54, 1.807) is 24.3 Å². The number of carbonyl (C=O) groups excluding carboxylic acids is 2. The number of nitrogens with zero attached hydrogens (tertiary/aromatic N) is 5. The number of piperidine rings is 1. The summed E-state index contributed by atoms with van der Waals surface area (Å²) in [6.07, 6.45) is 10.6. The third-order valence-corrected chi connectivity index (χ3v) is 10.2. The number of nitrogens with one attached hydrogen (secondary N) is 1. The molecule has 3 fully saturated rings. The minimum Gasteiger partial charge on any atom is -0.490 e. The molecule has 10 nitrogen and oxygen atoms in total. The van der Waals surface area contributed by atoms with Gasteiger partial charge in [-0.1, -0.05) is 11.6 Å². The number of likely N-dealkylation sites (tertiary alicyclic amines) is 1. The van der Waals surface area contributed by atoms with Crippen LogP contribution in [0.5, 0.6) is 5.75 Å². The summed E-state index contributed by atoms with van der Waals surface area (Å²) in [5.41, 5.74) is 0.352. The number of hydrogen-bond donors (Lipinski definition) is 1. The highest BCUT2D eigenvalue weighted by Gasteiger charge is 2.27. The van der Waals surface area contributed by atoms with Crippen LogP contribution in [0, 0.1) is 23.2 Å². The van der Waals surface area contributed by atoms with E-state index in [-0.39, 0.29) is 24.0 Å². The topological polar surface area (TPSA) is 121 Å². The zero-order chi connectivity index (χ0) is 34.1. The molecule has 1 unspecified atom stereocenters. The number of amides is 1. The maximum absolute atomic E-state index is 12.9. The molecule has 1 aliphatic carbocycles. The molecule has 1 atom stereocenters. The molecule has 0 spiro atoms.